The van der Waals surface area contributed by atoms with Gasteiger partial charge in [-0.15, -0.1) is 0 Å². The van der Waals surface area contributed by atoms with Gasteiger partial charge >= 0.3 is 0 Å². The predicted molar refractivity (Wildman–Crippen MR) is 80.1 cm³/mol. The van der Waals surface area contributed by atoms with E-state index in [0.717, 1.165) is 5.56 Å². The minimum atomic E-state index is 0.191. The highest BCUT2D eigenvalue weighted by molar-refractivity contribution is 5.62. The third-order valence-corrected chi connectivity index (χ3v) is 3.48. The molecule has 102 valence electrons. The smallest absolute Gasteiger partial charge is 0.0613 e. The van der Waals surface area contributed by atoms with Crippen LogP contribution in [0.4, 0.5) is 0 Å². The molecule has 0 aliphatic carbocycles. The zero-order valence-corrected chi connectivity index (χ0v) is 12.2. The third kappa shape index (κ3) is 3.04. The maximum absolute atomic E-state index is 5.66. The van der Waals surface area contributed by atoms with Gasteiger partial charge in [0, 0.05) is 18.3 Å². The Morgan fingerprint density at radius 1 is 1.16 bits per heavy atom. The standard InChI is InChI=1S/C16H23N3/c1-12(9-17)19-11-14(10-18-19)13-5-7-15(8-6-13)16(2,3)4/h5-8,10-12H,9,17H2,1-4H3/t12-/m1/s1. The second-order valence-electron chi connectivity index (χ2n) is 6.12. The Morgan fingerprint density at radius 3 is 2.32 bits per heavy atom. The van der Waals surface area contributed by atoms with Gasteiger partial charge in [0.1, 0.15) is 0 Å². The molecule has 3 nitrogen and oxygen atoms in total. The molecule has 0 aliphatic heterocycles. The summed E-state index contributed by atoms with van der Waals surface area (Å²) in [6, 6.07) is 8.95. The van der Waals surface area contributed by atoms with E-state index in [9.17, 15) is 0 Å². The van der Waals surface area contributed by atoms with Gasteiger partial charge in [-0.3, -0.25) is 4.68 Å². The Kier molecular flexibility index (Phi) is 3.76. The largest absolute Gasteiger partial charge is 0.328 e. The van der Waals surface area contributed by atoms with E-state index in [0.29, 0.717) is 6.54 Å². The highest BCUT2D eigenvalue weighted by atomic mass is 15.3. The molecule has 1 heterocycles. The normalized spacial score (nSPS) is 13.5. The molecule has 1 atom stereocenters. The van der Waals surface area contributed by atoms with Gasteiger partial charge in [-0.05, 0) is 23.5 Å². The van der Waals surface area contributed by atoms with E-state index < -0.39 is 0 Å². The lowest BCUT2D eigenvalue weighted by atomic mass is 9.86. The van der Waals surface area contributed by atoms with E-state index in [1.54, 1.807) is 0 Å². The highest BCUT2D eigenvalue weighted by Gasteiger charge is 2.13. The number of benzene rings is 1. The van der Waals surface area contributed by atoms with Gasteiger partial charge in [0.15, 0.2) is 0 Å². The van der Waals surface area contributed by atoms with E-state index in [1.807, 2.05) is 10.9 Å². The molecular formula is C16H23N3. The monoisotopic (exact) mass is 257 g/mol. The van der Waals surface area contributed by atoms with Gasteiger partial charge in [0.05, 0.1) is 12.2 Å². The fraction of sp³-hybridized carbons (Fsp3) is 0.438. The molecule has 0 saturated heterocycles. The minimum absolute atomic E-state index is 0.191. The molecule has 0 radical (unpaired) electrons. The highest BCUT2D eigenvalue weighted by Crippen LogP contribution is 2.26. The number of aromatic nitrogens is 2. The van der Waals surface area contributed by atoms with Crippen molar-refractivity contribution >= 4 is 0 Å². The van der Waals surface area contributed by atoms with Crippen LogP contribution in [0.25, 0.3) is 11.1 Å². The molecule has 0 spiro atoms. The minimum Gasteiger partial charge on any atom is -0.328 e. The molecule has 2 N–H and O–H groups in total. The molecule has 0 unspecified atom stereocenters. The Morgan fingerprint density at radius 2 is 1.79 bits per heavy atom. The summed E-state index contributed by atoms with van der Waals surface area (Å²) < 4.78 is 1.92. The molecule has 0 bridgehead atoms. The first kappa shape index (κ1) is 13.8. The lowest BCUT2D eigenvalue weighted by molar-refractivity contribution is 0.501. The second kappa shape index (κ2) is 5.17. The van der Waals surface area contributed by atoms with Gasteiger partial charge in [-0.2, -0.15) is 5.10 Å². The summed E-state index contributed by atoms with van der Waals surface area (Å²) in [5, 5.41) is 4.37. The van der Waals surface area contributed by atoms with Crippen LogP contribution < -0.4 is 5.73 Å². The number of nitrogens with two attached hydrogens (primary N) is 1. The van der Waals surface area contributed by atoms with Crippen molar-refractivity contribution in [2.24, 2.45) is 5.73 Å². The molecule has 1 aromatic carbocycles. The maximum Gasteiger partial charge on any atom is 0.0613 e. The summed E-state index contributed by atoms with van der Waals surface area (Å²) >= 11 is 0. The molecule has 0 saturated carbocycles. The maximum atomic E-state index is 5.66. The van der Waals surface area contributed by atoms with Crippen LogP contribution in [0, 0.1) is 0 Å². The van der Waals surface area contributed by atoms with Gasteiger partial charge in [-0.1, -0.05) is 45.0 Å². The zero-order valence-electron chi connectivity index (χ0n) is 12.2. The van der Waals surface area contributed by atoms with E-state index in [-0.39, 0.29) is 11.5 Å². The number of rotatable bonds is 3. The van der Waals surface area contributed by atoms with Crippen molar-refractivity contribution in [1.82, 2.24) is 9.78 Å². The van der Waals surface area contributed by atoms with Crippen LogP contribution in [-0.2, 0) is 5.41 Å². The van der Waals surface area contributed by atoms with Crippen molar-refractivity contribution in [1.29, 1.82) is 0 Å². The summed E-state index contributed by atoms with van der Waals surface area (Å²) in [5.74, 6) is 0. The Labute approximate surface area is 115 Å². The lowest BCUT2D eigenvalue weighted by Crippen LogP contribution is -2.16. The molecule has 2 aromatic rings. The lowest BCUT2D eigenvalue weighted by Gasteiger charge is -2.19. The van der Waals surface area contributed by atoms with Crippen LogP contribution in [-0.4, -0.2) is 16.3 Å². The van der Waals surface area contributed by atoms with Crippen LogP contribution in [0.1, 0.15) is 39.3 Å². The molecule has 19 heavy (non-hydrogen) atoms. The van der Waals surface area contributed by atoms with Crippen molar-refractivity contribution in [3.8, 4) is 11.1 Å². The van der Waals surface area contributed by atoms with Crippen molar-refractivity contribution in [3.05, 3.63) is 42.2 Å². The van der Waals surface area contributed by atoms with E-state index in [2.05, 4.69) is 63.3 Å². The Hall–Kier alpha value is -1.61. The van der Waals surface area contributed by atoms with Crippen LogP contribution in [0.15, 0.2) is 36.7 Å². The van der Waals surface area contributed by atoms with Crippen molar-refractivity contribution < 1.29 is 0 Å². The number of hydrogen-bond acceptors (Lipinski definition) is 2. The Balaban J connectivity index is 2.25. The van der Waals surface area contributed by atoms with Gasteiger partial charge in [0.25, 0.3) is 0 Å². The summed E-state index contributed by atoms with van der Waals surface area (Å²) in [5.41, 5.74) is 9.53. The predicted octanol–water partition coefficient (Wildman–Crippen LogP) is 3.37. The second-order valence-corrected chi connectivity index (χ2v) is 6.12. The molecular weight excluding hydrogens is 234 g/mol. The SMILES string of the molecule is C[C@H](CN)n1cc(-c2ccc(C(C)(C)C)cc2)cn1. The van der Waals surface area contributed by atoms with E-state index in [4.69, 9.17) is 5.73 Å². The quantitative estimate of drug-likeness (QED) is 0.916. The fourth-order valence-electron chi connectivity index (χ4n) is 2.00. The van der Waals surface area contributed by atoms with E-state index >= 15 is 0 Å². The van der Waals surface area contributed by atoms with E-state index in [1.165, 1.54) is 11.1 Å². The average Bonchev–Trinajstić information content (AvgIpc) is 2.86. The van der Waals surface area contributed by atoms with Crippen LogP contribution in [0.2, 0.25) is 0 Å². The summed E-state index contributed by atoms with van der Waals surface area (Å²) in [6.07, 6.45) is 3.96. The van der Waals surface area contributed by atoms with Gasteiger partial charge in [-0.25, -0.2) is 0 Å². The molecule has 2 rings (SSSR count). The summed E-state index contributed by atoms with van der Waals surface area (Å²) in [7, 11) is 0. The zero-order chi connectivity index (χ0) is 14.0. The first-order valence-electron chi connectivity index (χ1n) is 6.77. The number of hydrogen-bond donors (Lipinski definition) is 1. The first-order chi connectivity index (χ1) is 8.91. The molecule has 0 amide bonds. The summed E-state index contributed by atoms with van der Waals surface area (Å²) in [4.78, 5) is 0. The van der Waals surface area contributed by atoms with Crippen molar-refractivity contribution in [3.63, 3.8) is 0 Å². The van der Waals surface area contributed by atoms with Crippen LogP contribution >= 0.6 is 0 Å². The van der Waals surface area contributed by atoms with Crippen molar-refractivity contribution in [2.45, 2.75) is 39.2 Å². The topological polar surface area (TPSA) is 43.8 Å². The van der Waals surface area contributed by atoms with Gasteiger partial charge in [0.2, 0.25) is 0 Å². The van der Waals surface area contributed by atoms with Crippen molar-refractivity contribution in [2.75, 3.05) is 6.54 Å². The Bertz CT molecular complexity index is 532. The molecule has 1 aromatic heterocycles. The van der Waals surface area contributed by atoms with Gasteiger partial charge < -0.3 is 5.73 Å². The molecule has 0 aliphatic rings. The first-order valence-corrected chi connectivity index (χ1v) is 6.77. The third-order valence-electron chi connectivity index (χ3n) is 3.48. The molecule has 3 heteroatoms. The fourth-order valence-corrected chi connectivity index (χ4v) is 2.00. The number of nitrogens with zero attached hydrogens (tertiary/aromatic N) is 2. The van der Waals surface area contributed by atoms with Crippen LogP contribution in [0.5, 0.6) is 0 Å². The van der Waals surface area contributed by atoms with Crippen LogP contribution in [0.3, 0.4) is 0 Å². The average molecular weight is 257 g/mol. The summed E-state index contributed by atoms with van der Waals surface area (Å²) in [6.45, 7) is 9.35. The molecule has 0 fully saturated rings.